The lowest BCUT2D eigenvalue weighted by Gasteiger charge is -2.32. The first kappa shape index (κ1) is 40.0. The SMILES string of the molecule is CCOC(=O)[C@@]12C[C@H]1C=CCCCCCN(Cc1ccc(OC)cc1)C(=O)N1C[C@H](Oc3cc(-c4nc(C(C)C)cs4)nc4c(C)c(OC)ccc34)C[C@H]1C(=O)N2. The number of thiazole rings is 1. The highest BCUT2D eigenvalue weighted by Gasteiger charge is 2.62. The van der Waals surface area contributed by atoms with Gasteiger partial charge in [0.05, 0.1) is 38.6 Å². The molecule has 3 amide bonds. The highest BCUT2D eigenvalue weighted by Crippen LogP contribution is 2.46. The number of benzene rings is 2. The van der Waals surface area contributed by atoms with Gasteiger partial charge in [-0.05, 0) is 75.3 Å². The predicted octanol–water partition coefficient (Wildman–Crippen LogP) is 7.82. The number of fused-ring (bicyclic) bond motifs is 3. The zero-order valence-electron chi connectivity index (χ0n) is 33.7. The molecule has 1 saturated carbocycles. The summed E-state index contributed by atoms with van der Waals surface area (Å²) in [4.78, 5) is 56.2. The lowest BCUT2D eigenvalue weighted by Crippen LogP contribution is -2.55. The molecule has 1 N–H and O–H groups in total. The molecule has 4 heterocycles. The van der Waals surface area contributed by atoms with Crippen LogP contribution in [0.2, 0.25) is 0 Å². The monoisotopic (exact) mass is 795 g/mol. The molecule has 2 fully saturated rings. The number of hydrogen-bond acceptors (Lipinski definition) is 10. The number of pyridine rings is 1. The molecule has 0 spiro atoms. The molecular weight excluding hydrogens is 743 g/mol. The van der Waals surface area contributed by atoms with E-state index in [0.29, 0.717) is 36.7 Å². The fraction of sp³-hybridized carbons (Fsp3) is 0.477. The quantitative estimate of drug-likeness (QED) is 0.126. The molecule has 13 heteroatoms. The summed E-state index contributed by atoms with van der Waals surface area (Å²) < 4.78 is 23.4. The van der Waals surface area contributed by atoms with Crippen LogP contribution in [-0.2, 0) is 20.9 Å². The topological polar surface area (TPSA) is 132 Å². The summed E-state index contributed by atoms with van der Waals surface area (Å²) >= 11 is 1.53. The van der Waals surface area contributed by atoms with Crippen molar-refractivity contribution in [2.75, 3.05) is 33.9 Å². The Kier molecular flexibility index (Phi) is 12.0. The lowest BCUT2D eigenvalue weighted by atomic mass is 10.1. The fourth-order valence-corrected chi connectivity index (χ4v) is 8.83. The minimum Gasteiger partial charge on any atom is -0.497 e. The van der Waals surface area contributed by atoms with E-state index >= 15 is 0 Å². The number of urea groups is 1. The van der Waals surface area contributed by atoms with Crippen LogP contribution in [0.15, 0.2) is 60.0 Å². The number of hydrogen-bond donors (Lipinski definition) is 1. The van der Waals surface area contributed by atoms with Crippen molar-refractivity contribution in [2.24, 2.45) is 5.92 Å². The Hall–Kier alpha value is -5.17. The lowest BCUT2D eigenvalue weighted by molar-refractivity contribution is -0.149. The number of nitrogens with one attached hydrogen (secondary N) is 1. The first-order valence-electron chi connectivity index (χ1n) is 20.0. The number of rotatable bonds is 10. The minimum atomic E-state index is -1.17. The number of allylic oxidation sites excluding steroid dienone is 1. The normalized spacial score (nSPS) is 22.7. The summed E-state index contributed by atoms with van der Waals surface area (Å²) in [6.45, 7) is 9.19. The molecule has 0 radical (unpaired) electrons. The first-order chi connectivity index (χ1) is 27.5. The smallest absolute Gasteiger partial charge is 0.332 e. The molecule has 57 heavy (non-hydrogen) atoms. The van der Waals surface area contributed by atoms with E-state index in [2.05, 4.69) is 30.6 Å². The van der Waals surface area contributed by atoms with Crippen LogP contribution in [0.4, 0.5) is 4.79 Å². The van der Waals surface area contributed by atoms with Gasteiger partial charge in [0.2, 0.25) is 5.91 Å². The number of methoxy groups -OCH3 is 2. The second-order valence-corrected chi connectivity index (χ2v) is 16.4. The molecule has 2 aliphatic heterocycles. The maximum absolute atomic E-state index is 14.8. The van der Waals surface area contributed by atoms with Crippen molar-refractivity contribution in [3.63, 3.8) is 0 Å². The number of carbonyl (C=O) groups is 3. The Morgan fingerprint density at radius 2 is 1.84 bits per heavy atom. The highest BCUT2D eigenvalue weighted by molar-refractivity contribution is 7.13. The number of esters is 1. The van der Waals surface area contributed by atoms with Gasteiger partial charge in [0.15, 0.2) is 0 Å². The summed E-state index contributed by atoms with van der Waals surface area (Å²) in [5, 5.41) is 6.70. The molecule has 4 aromatic rings. The van der Waals surface area contributed by atoms with Crippen LogP contribution in [0, 0.1) is 12.8 Å². The summed E-state index contributed by atoms with van der Waals surface area (Å²) in [7, 11) is 3.26. The minimum absolute atomic E-state index is 0.162. The van der Waals surface area contributed by atoms with Crippen LogP contribution >= 0.6 is 11.3 Å². The van der Waals surface area contributed by atoms with Crippen molar-refractivity contribution in [1.29, 1.82) is 0 Å². The summed E-state index contributed by atoms with van der Waals surface area (Å²) in [5.41, 5.74) is 3.02. The van der Waals surface area contributed by atoms with Gasteiger partial charge in [0, 0.05) is 47.8 Å². The van der Waals surface area contributed by atoms with E-state index in [0.717, 1.165) is 64.2 Å². The Balaban J connectivity index is 1.25. The Morgan fingerprint density at radius 3 is 2.56 bits per heavy atom. The van der Waals surface area contributed by atoms with Crippen LogP contribution in [0.1, 0.15) is 82.0 Å². The van der Waals surface area contributed by atoms with Gasteiger partial charge in [0.1, 0.15) is 45.6 Å². The Bertz CT molecular complexity index is 2130. The van der Waals surface area contributed by atoms with Crippen LogP contribution < -0.4 is 19.5 Å². The van der Waals surface area contributed by atoms with E-state index in [1.54, 1.807) is 26.0 Å². The molecular formula is C44H53N5O7S. The average Bonchev–Trinajstić information content (AvgIpc) is 3.49. The zero-order valence-corrected chi connectivity index (χ0v) is 34.5. The molecule has 2 aromatic heterocycles. The zero-order chi connectivity index (χ0) is 40.3. The van der Waals surface area contributed by atoms with Crippen molar-refractivity contribution >= 4 is 40.1 Å². The summed E-state index contributed by atoms with van der Waals surface area (Å²) in [6, 6.07) is 12.3. The number of carbonyl (C=O) groups excluding carboxylic acids is 3. The van der Waals surface area contributed by atoms with Gasteiger partial charge in [-0.25, -0.2) is 19.6 Å². The van der Waals surface area contributed by atoms with Crippen molar-refractivity contribution in [3.8, 4) is 28.0 Å². The predicted molar refractivity (Wildman–Crippen MR) is 220 cm³/mol. The molecule has 12 nitrogen and oxygen atoms in total. The van der Waals surface area contributed by atoms with Gasteiger partial charge >= 0.3 is 12.0 Å². The molecule has 1 saturated heterocycles. The van der Waals surface area contributed by atoms with E-state index < -0.39 is 29.6 Å². The maximum atomic E-state index is 14.8. The van der Waals surface area contributed by atoms with Crippen LogP contribution in [0.3, 0.4) is 0 Å². The van der Waals surface area contributed by atoms with Gasteiger partial charge in [-0.15, -0.1) is 11.3 Å². The van der Waals surface area contributed by atoms with Crippen LogP contribution in [0.25, 0.3) is 21.6 Å². The van der Waals surface area contributed by atoms with Crippen molar-refractivity contribution < 1.29 is 33.3 Å². The fourth-order valence-electron chi connectivity index (χ4n) is 7.89. The van der Waals surface area contributed by atoms with Crippen molar-refractivity contribution in [1.82, 2.24) is 25.1 Å². The molecule has 2 aromatic carbocycles. The molecule has 302 valence electrons. The molecule has 1 aliphatic carbocycles. The maximum Gasteiger partial charge on any atom is 0.332 e. The van der Waals surface area contributed by atoms with Crippen LogP contribution in [-0.4, -0.2) is 89.3 Å². The number of amides is 3. The summed E-state index contributed by atoms with van der Waals surface area (Å²) in [6.07, 6.45) is 7.78. The van der Waals surface area contributed by atoms with Crippen LogP contribution in [0.5, 0.6) is 17.2 Å². The Morgan fingerprint density at radius 1 is 1.04 bits per heavy atom. The third kappa shape index (κ3) is 8.44. The second kappa shape index (κ2) is 17.1. The van der Waals surface area contributed by atoms with Gasteiger partial charge < -0.3 is 34.1 Å². The van der Waals surface area contributed by atoms with Crippen molar-refractivity contribution in [2.45, 2.75) is 96.4 Å². The van der Waals surface area contributed by atoms with E-state index in [9.17, 15) is 14.4 Å². The van der Waals surface area contributed by atoms with Gasteiger partial charge in [-0.2, -0.15) is 0 Å². The second-order valence-electron chi connectivity index (χ2n) is 15.5. The van der Waals surface area contributed by atoms with E-state index in [-0.39, 0.29) is 37.4 Å². The van der Waals surface area contributed by atoms with Gasteiger partial charge in [-0.1, -0.05) is 44.6 Å². The largest absolute Gasteiger partial charge is 0.497 e. The van der Waals surface area contributed by atoms with E-state index in [1.807, 2.05) is 60.4 Å². The van der Waals surface area contributed by atoms with E-state index in [4.69, 9.17) is 28.9 Å². The molecule has 0 bridgehead atoms. The van der Waals surface area contributed by atoms with Gasteiger partial charge in [-0.3, -0.25) is 4.79 Å². The number of aryl methyl sites for hydroxylation is 1. The van der Waals surface area contributed by atoms with Crippen molar-refractivity contribution in [3.05, 3.63) is 76.8 Å². The third-order valence-electron chi connectivity index (χ3n) is 11.3. The van der Waals surface area contributed by atoms with E-state index in [1.165, 1.54) is 11.3 Å². The highest BCUT2D eigenvalue weighted by atomic mass is 32.1. The average molecular weight is 796 g/mol. The van der Waals surface area contributed by atoms with Gasteiger partial charge in [0.25, 0.3) is 0 Å². The summed E-state index contributed by atoms with van der Waals surface area (Å²) in [5.74, 6) is 1.24. The molecule has 4 atom stereocenters. The Labute approximate surface area is 338 Å². The molecule has 3 aliphatic rings. The number of nitrogens with zero attached hydrogens (tertiary/aromatic N) is 4. The standard InChI is InChI=1S/C44H53N5O7S/c1-7-55-42(51)44-23-30(44)13-11-9-8-10-12-20-48(24-29-14-16-31(53-5)17-15-29)43(52)49-25-32(21-36(49)40(50)47-44)56-38-22-34(41-46-35(26-57-41)27(2)3)45-39-28(4)37(54-6)19-18-33(38)39/h11,13-19,22,26-27,30,32,36H,7-10,12,20-21,23-25H2,1-6H3,(H,47,50)/t30-,32-,36+,44-/m1/s1. The number of ether oxygens (including phenoxy) is 4. The first-order valence-corrected chi connectivity index (χ1v) is 20.9. The molecule has 0 unspecified atom stereocenters. The third-order valence-corrected chi connectivity index (χ3v) is 12.2. The number of aromatic nitrogens is 2. The molecule has 7 rings (SSSR count).